The summed E-state index contributed by atoms with van der Waals surface area (Å²) >= 11 is 1.30. The first kappa shape index (κ1) is 19.5. The molecule has 1 aliphatic carbocycles. The van der Waals surface area contributed by atoms with Crippen LogP contribution in [-0.2, 0) is 21.5 Å². The molecular weight excluding hydrogens is 416 g/mol. The monoisotopic (exact) mass is 436 g/mol. The number of ether oxygens (including phenoxy) is 1. The first-order chi connectivity index (χ1) is 15.0. The van der Waals surface area contributed by atoms with E-state index in [0.717, 1.165) is 39.1 Å². The lowest BCUT2D eigenvalue weighted by molar-refractivity contribution is -0.134. The molecule has 1 atom stereocenters. The number of hydrogen-bond acceptors (Lipinski definition) is 6. The van der Waals surface area contributed by atoms with E-state index in [2.05, 4.69) is 15.6 Å². The van der Waals surface area contributed by atoms with Gasteiger partial charge in [-0.25, -0.2) is 9.78 Å². The van der Waals surface area contributed by atoms with Crippen LogP contribution in [0.15, 0.2) is 42.5 Å². The van der Waals surface area contributed by atoms with E-state index in [9.17, 15) is 14.4 Å². The third-order valence-corrected chi connectivity index (χ3v) is 6.73. The number of imide groups is 1. The Balaban J connectivity index is 1.34. The van der Waals surface area contributed by atoms with Crippen molar-refractivity contribution < 1.29 is 19.1 Å². The van der Waals surface area contributed by atoms with Crippen molar-refractivity contribution in [3.05, 3.63) is 53.6 Å². The zero-order valence-corrected chi connectivity index (χ0v) is 17.6. The summed E-state index contributed by atoms with van der Waals surface area (Å²) < 4.78 is 6.07. The normalized spacial score (nSPS) is 20.1. The molecule has 1 saturated heterocycles. The molecule has 31 heavy (non-hydrogen) atoms. The number of hydrogen-bond donors (Lipinski definition) is 2. The van der Waals surface area contributed by atoms with E-state index in [1.807, 2.05) is 36.4 Å². The molecule has 9 heteroatoms. The molecule has 8 nitrogen and oxygen atoms in total. The number of fused-ring (bicyclic) bond motifs is 3. The van der Waals surface area contributed by atoms with Gasteiger partial charge in [0, 0.05) is 0 Å². The number of aryl methyl sites for hydroxylation is 1. The minimum atomic E-state index is -1.08. The number of aromatic nitrogens is 1. The second kappa shape index (κ2) is 7.35. The maximum atomic E-state index is 13.3. The Kier molecular flexibility index (Phi) is 4.62. The summed E-state index contributed by atoms with van der Waals surface area (Å²) in [5.41, 5.74) is 1.52. The van der Waals surface area contributed by atoms with Crippen LogP contribution in [0.3, 0.4) is 0 Å². The summed E-state index contributed by atoms with van der Waals surface area (Å²) in [6.45, 7) is -0.367. The van der Waals surface area contributed by atoms with E-state index in [-0.39, 0.29) is 12.5 Å². The topological polar surface area (TPSA) is 101 Å². The van der Waals surface area contributed by atoms with Crippen molar-refractivity contribution in [3.63, 3.8) is 0 Å². The van der Waals surface area contributed by atoms with Crippen LogP contribution in [0.4, 0.5) is 9.93 Å². The molecule has 1 aliphatic heterocycles. The van der Waals surface area contributed by atoms with Gasteiger partial charge in [0.25, 0.3) is 5.91 Å². The summed E-state index contributed by atoms with van der Waals surface area (Å²) in [6.07, 6.45) is 2.18. The highest BCUT2D eigenvalue weighted by Gasteiger charge is 2.54. The summed E-state index contributed by atoms with van der Waals surface area (Å²) in [5, 5.41) is 5.96. The maximum absolute atomic E-state index is 13.3. The molecule has 0 unspecified atom stereocenters. The number of carbonyl (C=O) groups excluding carboxylic acids is 3. The Morgan fingerprint density at radius 2 is 2.13 bits per heavy atom. The van der Waals surface area contributed by atoms with Crippen LogP contribution in [0.5, 0.6) is 5.75 Å². The van der Waals surface area contributed by atoms with Crippen LogP contribution < -0.4 is 15.4 Å². The zero-order chi connectivity index (χ0) is 21.6. The number of methoxy groups -OCH3 is 1. The Morgan fingerprint density at radius 1 is 1.29 bits per heavy atom. The van der Waals surface area contributed by atoms with Crippen molar-refractivity contribution in [2.24, 2.45) is 0 Å². The lowest BCUT2D eigenvalue weighted by Gasteiger charge is -2.33. The SMILES string of the molecule is COc1ccc2nc(NC(=O)CN3C(=O)N[C@@]4(CCCc5ccccc54)C3=O)sc2c1. The minimum absolute atomic E-state index is 0.367. The summed E-state index contributed by atoms with van der Waals surface area (Å²) in [5.74, 6) is -0.157. The molecule has 0 radical (unpaired) electrons. The van der Waals surface area contributed by atoms with Crippen molar-refractivity contribution >= 4 is 44.5 Å². The Labute approximate surface area is 182 Å². The average molecular weight is 436 g/mol. The van der Waals surface area contributed by atoms with Crippen LogP contribution in [0.2, 0.25) is 0 Å². The average Bonchev–Trinajstić information content (AvgIpc) is 3.27. The van der Waals surface area contributed by atoms with Crippen LogP contribution >= 0.6 is 11.3 Å². The van der Waals surface area contributed by atoms with Crippen LogP contribution in [0.25, 0.3) is 10.2 Å². The molecule has 3 aromatic rings. The Morgan fingerprint density at radius 3 is 2.97 bits per heavy atom. The molecule has 2 aliphatic rings. The number of nitrogens with zero attached hydrogens (tertiary/aromatic N) is 2. The predicted molar refractivity (Wildman–Crippen MR) is 116 cm³/mol. The quantitative estimate of drug-likeness (QED) is 0.613. The van der Waals surface area contributed by atoms with E-state index in [4.69, 9.17) is 4.74 Å². The van der Waals surface area contributed by atoms with Crippen LogP contribution in [-0.4, -0.2) is 41.4 Å². The van der Waals surface area contributed by atoms with Crippen LogP contribution in [0, 0.1) is 0 Å². The van der Waals surface area contributed by atoms with Gasteiger partial charge in [-0.15, -0.1) is 0 Å². The van der Waals surface area contributed by atoms with Crippen molar-refractivity contribution in [2.45, 2.75) is 24.8 Å². The highest BCUT2D eigenvalue weighted by Crippen LogP contribution is 2.39. The van der Waals surface area contributed by atoms with Crippen LogP contribution in [0.1, 0.15) is 24.0 Å². The number of amides is 4. The molecular formula is C22H20N4O4S. The predicted octanol–water partition coefficient (Wildman–Crippen LogP) is 3.03. The first-order valence-corrected chi connectivity index (χ1v) is 10.8. The van der Waals surface area contributed by atoms with Crippen molar-refractivity contribution in [1.82, 2.24) is 15.2 Å². The van der Waals surface area contributed by atoms with E-state index in [1.54, 1.807) is 13.2 Å². The minimum Gasteiger partial charge on any atom is -0.497 e. The lowest BCUT2D eigenvalue weighted by atomic mass is 9.76. The van der Waals surface area contributed by atoms with Crippen molar-refractivity contribution in [1.29, 1.82) is 0 Å². The van der Waals surface area contributed by atoms with Gasteiger partial charge in [-0.2, -0.15) is 0 Å². The number of rotatable bonds is 4. The Hall–Kier alpha value is -3.46. The van der Waals surface area contributed by atoms with E-state index >= 15 is 0 Å². The van der Waals surface area contributed by atoms with Gasteiger partial charge in [-0.1, -0.05) is 35.6 Å². The molecule has 158 valence electrons. The second-order valence-electron chi connectivity index (χ2n) is 7.64. The standard InChI is InChI=1S/C22H20N4O4S/c1-30-14-8-9-16-17(11-14)31-20(23-16)24-18(27)12-26-19(28)22(25-21(26)29)10-4-6-13-5-2-3-7-15(13)22/h2-3,5,7-9,11H,4,6,10,12H2,1H3,(H,25,29)(H,23,24,27)/t22-/m1/s1. The maximum Gasteiger partial charge on any atom is 0.325 e. The molecule has 1 fully saturated rings. The van der Waals surface area contributed by atoms with Gasteiger partial charge in [0.1, 0.15) is 17.8 Å². The fourth-order valence-electron chi connectivity index (χ4n) is 4.34. The van der Waals surface area contributed by atoms with Gasteiger partial charge in [-0.3, -0.25) is 14.5 Å². The highest BCUT2D eigenvalue weighted by molar-refractivity contribution is 7.22. The van der Waals surface area contributed by atoms with E-state index in [1.165, 1.54) is 11.3 Å². The molecule has 2 N–H and O–H groups in total. The van der Waals surface area contributed by atoms with Gasteiger partial charge in [-0.05, 0) is 48.6 Å². The molecule has 1 spiro atoms. The molecule has 2 aromatic carbocycles. The van der Waals surface area contributed by atoms with E-state index < -0.39 is 17.5 Å². The fourth-order valence-corrected chi connectivity index (χ4v) is 5.25. The zero-order valence-electron chi connectivity index (χ0n) is 16.8. The fraction of sp³-hybridized carbons (Fsp3) is 0.273. The number of carbonyl (C=O) groups is 3. The number of thiazole rings is 1. The molecule has 0 bridgehead atoms. The summed E-state index contributed by atoms with van der Waals surface area (Å²) in [6, 6.07) is 12.5. The summed E-state index contributed by atoms with van der Waals surface area (Å²) in [7, 11) is 1.58. The number of anilines is 1. The smallest absolute Gasteiger partial charge is 0.325 e. The van der Waals surface area contributed by atoms with Crippen molar-refractivity contribution in [3.8, 4) is 5.75 Å². The van der Waals surface area contributed by atoms with Gasteiger partial charge in [0.15, 0.2) is 5.13 Å². The molecule has 1 aromatic heterocycles. The summed E-state index contributed by atoms with van der Waals surface area (Å²) in [4.78, 5) is 44.0. The lowest BCUT2D eigenvalue weighted by Crippen LogP contribution is -2.47. The number of benzene rings is 2. The van der Waals surface area contributed by atoms with Gasteiger partial charge >= 0.3 is 6.03 Å². The molecule has 0 saturated carbocycles. The molecule has 2 heterocycles. The largest absolute Gasteiger partial charge is 0.497 e. The number of urea groups is 1. The third kappa shape index (κ3) is 3.21. The second-order valence-corrected chi connectivity index (χ2v) is 8.67. The first-order valence-electron chi connectivity index (χ1n) is 9.97. The highest BCUT2D eigenvalue weighted by atomic mass is 32.1. The van der Waals surface area contributed by atoms with Crippen molar-refractivity contribution in [2.75, 3.05) is 19.0 Å². The number of nitrogens with one attached hydrogen (secondary N) is 2. The van der Waals surface area contributed by atoms with E-state index in [0.29, 0.717) is 17.3 Å². The van der Waals surface area contributed by atoms with Gasteiger partial charge < -0.3 is 15.4 Å². The third-order valence-electron chi connectivity index (χ3n) is 5.79. The molecule has 4 amide bonds. The molecule has 5 rings (SSSR count). The van der Waals surface area contributed by atoms with Gasteiger partial charge in [0.05, 0.1) is 17.3 Å². The Bertz CT molecular complexity index is 1220. The van der Waals surface area contributed by atoms with Gasteiger partial charge in [0.2, 0.25) is 5.91 Å².